The van der Waals surface area contributed by atoms with Crippen LogP contribution >= 0.6 is 0 Å². The van der Waals surface area contributed by atoms with E-state index in [1.807, 2.05) is 64.1 Å². The van der Waals surface area contributed by atoms with Gasteiger partial charge in [-0.15, -0.1) is 0 Å². The first kappa shape index (κ1) is 25.0. The monoisotopic (exact) mass is 474 g/mol. The molecule has 0 heterocycles. The van der Waals surface area contributed by atoms with E-state index in [1.165, 1.54) is 0 Å². The van der Waals surface area contributed by atoms with E-state index >= 15 is 0 Å². The summed E-state index contributed by atoms with van der Waals surface area (Å²) in [6.45, 7) is 7.99. The van der Waals surface area contributed by atoms with Gasteiger partial charge in [0.05, 0.1) is 11.8 Å². The van der Waals surface area contributed by atoms with Crippen LogP contribution in [0.3, 0.4) is 0 Å². The molecule has 2 saturated carbocycles. The predicted octanol–water partition coefficient (Wildman–Crippen LogP) is 5.50. The number of rotatable bonds is 6. The summed E-state index contributed by atoms with van der Waals surface area (Å²) in [5, 5.41) is 0. The number of carbonyl (C=O) groups excluding carboxylic acids is 4. The van der Waals surface area contributed by atoms with Gasteiger partial charge in [-0.05, 0) is 34.1 Å². The van der Waals surface area contributed by atoms with E-state index < -0.39 is 28.6 Å². The number of carbonyl (C=O) groups is 4. The molecule has 0 spiro atoms. The van der Waals surface area contributed by atoms with Crippen molar-refractivity contribution in [2.45, 2.75) is 65.9 Å². The molecule has 5 heteroatoms. The van der Waals surface area contributed by atoms with Crippen LogP contribution < -0.4 is 4.74 Å². The van der Waals surface area contributed by atoms with Crippen molar-refractivity contribution in [1.82, 2.24) is 0 Å². The van der Waals surface area contributed by atoms with Crippen molar-refractivity contribution in [3.63, 3.8) is 0 Å². The zero-order chi connectivity index (χ0) is 25.4. The summed E-state index contributed by atoms with van der Waals surface area (Å²) in [5.41, 5.74) is 0.805. The molecule has 0 atom stereocenters. The molecule has 0 amide bonds. The standard InChI is InChI=1S/C30H34O5/c1-29(2)14-22(31)27(23(32)15-29)26(28-24(33)16-30(3,4)17-25(28)34)20-11-8-12-21(13-20)35-18-19-9-6-5-7-10-19/h5-13,26-28H,14-18H2,1-4H3. The maximum absolute atomic E-state index is 13.3. The molecule has 0 saturated heterocycles. The Morgan fingerprint density at radius 1 is 0.714 bits per heavy atom. The van der Waals surface area contributed by atoms with E-state index in [9.17, 15) is 19.2 Å². The van der Waals surface area contributed by atoms with Gasteiger partial charge < -0.3 is 4.74 Å². The van der Waals surface area contributed by atoms with E-state index in [1.54, 1.807) is 18.2 Å². The molecule has 0 radical (unpaired) electrons. The largest absolute Gasteiger partial charge is 0.489 e. The lowest BCUT2D eigenvalue weighted by Gasteiger charge is -2.41. The average molecular weight is 475 g/mol. The Bertz CT molecular complexity index is 1060. The molecule has 2 aromatic rings. The smallest absolute Gasteiger partial charge is 0.144 e. The molecular weight excluding hydrogens is 440 g/mol. The van der Waals surface area contributed by atoms with Crippen LogP contribution in [0.2, 0.25) is 0 Å². The van der Waals surface area contributed by atoms with Crippen molar-refractivity contribution < 1.29 is 23.9 Å². The zero-order valence-corrected chi connectivity index (χ0v) is 21.0. The predicted molar refractivity (Wildman–Crippen MR) is 133 cm³/mol. The third-order valence-corrected chi connectivity index (χ3v) is 7.21. The number of hydrogen-bond acceptors (Lipinski definition) is 5. The van der Waals surface area contributed by atoms with Crippen molar-refractivity contribution in [3.8, 4) is 5.75 Å². The van der Waals surface area contributed by atoms with E-state index in [2.05, 4.69) is 0 Å². The van der Waals surface area contributed by atoms with Crippen molar-refractivity contribution >= 4 is 23.1 Å². The van der Waals surface area contributed by atoms with Crippen LogP contribution in [0.5, 0.6) is 5.75 Å². The molecule has 0 aromatic heterocycles. The molecule has 5 nitrogen and oxygen atoms in total. The van der Waals surface area contributed by atoms with Gasteiger partial charge in [0, 0.05) is 31.6 Å². The number of benzene rings is 2. The van der Waals surface area contributed by atoms with Gasteiger partial charge in [-0.2, -0.15) is 0 Å². The highest BCUT2D eigenvalue weighted by Gasteiger charge is 2.52. The molecule has 0 unspecified atom stereocenters. The lowest BCUT2D eigenvalue weighted by atomic mass is 9.59. The second-order valence-corrected chi connectivity index (χ2v) is 11.7. The zero-order valence-electron chi connectivity index (χ0n) is 21.0. The molecule has 4 rings (SSSR count). The Hall–Kier alpha value is -3.08. The van der Waals surface area contributed by atoms with Crippen molar-refractivity contribution in [2.75, 3.05) is 0 Å². The summed E-state index contributed by atoms with van der Waals surface area (Å²) in [6, 6.07) is 17.0. The molecule has 35 heavy (non-hydrogen) atoms. The lowest BCUT2D eigenvalue weighted by Crippen LogP contribution is -2.48. The molecular formula is C30H34O5. The second-order valence-electron chi connectivity index (χ2n) is 11.7. The summed E-state index contributed by atoms with van der Waals surface area (Å²) in [7, 11) is 0. The Morgan fingerprint density at radius 3 is 1.69 bits per heavy atom. The molecule has 184 valence electrons. The summed E-state index contributed by atoms with van der Waals surface area (Å²) in [4.78, 5) is 53.4. The van der Waals surface area contributed by atoms with Crippen LogP contribution in [0.4, 0.5) is 0 Å². The topological polar surface area (TPSA) is 77.5 Å². The third-order valence-electron chi connectivity index (χ3n) is 7.21. The van der Waals surface area contributed by atoms with Crippen molar-refractivity contribution in [3.05, 3.63) is 65.7 Å². The normalized spacial score (nSPS) is 20.9. The van der Waals surface area contributed by atoms with Crippen molar-refractivity contribution in [1.29, 1.82) is 0 Å². The van der Waals surface area contributed by atoms with Crippen LogP contribution in [-0.4, -0.2) is 23.1 Å². The second kappa shape index (κ2) is 9.52. The first-order valence-electron chi connectivity index (χ1n) is 12.3. The summed E-state index contributed by atoms with van der Waals surface area (Å²) >= 11 is 0. The third kappa shape index (κ3) is 5.61. The minimum absolute atomic E-state index is 0.183. The van der Waals surface area contributed by atoms with Gasteiger partial charge in [0.1, 0.15) is 35.5 Å². The van der Waals surface area contributed by atoms with Crippen LogP contribution in [0, 0.1) is 22.7 Å². The first-order valence-corrected chi connectivity index (χ1v) is 12.3. The van der Waals surface area contributed by atoms with Crippen LogP contribution in [0.1, 0.15) is 70.4 Å². The Kier molecular flexibility index (Phi) is 6.81. The van der Waals surface area contributed by atoms with Gasteiger partial charge in [0.15, 0.2) is 0 Å². The quantitative estimate of drug-likeness (QED) is 0.517. The maximum atomic E-state index is 13.3. The summed E-state index contributed by atoms with van der Waals surface area (Å²) in [6.07, 6.45) is 1.02. The number of hydrogen-bond donors (Lipinski definition) is 0. The van der Waals surface area contributed by atoms with E-state index in [0.717, 1.165) is 5.56 Å². The Balaban J connectivity index is 1.71. The Morgan fingerprint density at radius 2 is 1.20 bits per heavy atom. The van der Waals surface area contributed by atoms with E-state index in [-0.39, 0.29) is 48.8 Å². The van der Waals surface area contributed by atoms with E-state index in [0.29, 0.717) is 17.9 Å². The highest BCUT2D eigenvalue weighted by molar-refractivity contribution is 6.11. The molecule has 0 bridgehead atoms. The molecule has 2 aliphatic carbocycles. The fraction of sp³-hybridized carbons (Fsp3) is 0.467. The van der Waals surface area contributed by atoms with Crippen LogP contribution in [0.25, 0.3) is 0 Å². The van der Waals surface area contributed by atoms with Gasteiger partial charge in [0.25, 0.3) is 0 Å². The fourth-order valence-corrected chi connectivity index (χ4v) is 5.74. The van der Waals surface area contributed by atoms with Gasteiger partial charge in [-0.1, -0.05) is 70.2 Å². The van der Waals surface area contributed by atoms with Gasteiger partial charge in [-0.25, -0.2) is 0 Å². The molecule has 0 N–H and O–H groups in total. The highest BCUT2D eigenvalue weighted by Crippen LogP contribution is 2.47. The van der Waals surface area contributed by atoms with Gasteiger partial charge in [-0.3, -0.25) is 19.2 Å². The van der Waals surface area contributed by atoms with Gasteiger partial charge >= 0.3 is 0 Å². The van der Waals surface area contributed by atoms with Crippen LogP contribution in [0.15, 0.2) is 54.6 Å². The number of ketones is 4. The van der Waals surface area contributed by atoms with Crippen LogP contribution in [-0.2, 0) is 25.8 Å². The summed E-state index contributed by atoms with van der Waals surface area (Å²) < 4.78 is 5.99. The lowest BCUT2D eigenvalue weighted by molar-refractivity contribution is -0.145. The fourth-order valence-electron chi connectivity index (χ4n) is 5.74. The Labute approximate surface area is 207 Å². The number of Topliss-reactive ketones (excluding diaryl/α,β-unsaturated/α-hetero) is 4. The molecule has 0 aliphatic heterocycles. The first-order chi connectivity index (χ1) is 16.5. The minimum Gasteiger partial charge on any atom is -0.489 e. The highest BCUT2D eigenvalue weighted by atomic mass is 16.5. The van der Waals surface area contributed by atoms with Gasteiger partial charge in [0.2, 0.25) is 0 Å². The SMILES string of the molecule is CC1(C)CC(=O)C(C(c2cccc(OCc3ccccc3)c2)C2C(=O)CC(C)(C)CC2=O)C(=O)C1. The number of ether oxygens (including phenoxy) is 1. The van der Waals surface area contributed by atoms with Crippen molar-refractivity contribution in [2.24, 2.45) is 22.7 Å². The summed E-state index contributed by atoms with van der Waals surface area (Å²) in [5.74, 6) is -2.95. The maximum Gasteiger partial charge on any atom is 0.144 e. The minimum atomic E-state index is -0.994. The molecule has 2 aliphatic rings. The molecule has 2 aromatic carbocycles. The molecule has 2 fully saturated rings. The van der Waals surface area contributed by atoms with E-state index in [4.69, 9.17) is 4.74 Å². The average Bonchev–Trinajstić information content (AvgIpc) is 2.75.